The molecule has 3 heterocycles. The summed E-state index contributed by atoms with van der Waals surface area (Å²) in [6.07, 6.45) is 1.73. The van der Waals surface area contributed by atoms with Gasteiger partial charge in [-0.05, 0) is 13.3 Å². The van der Waals surface area contributed by atoms with Crippen LogP contribution in [0, 0.1) is 0 Å². The summed E-state index contributed by atoms with van der Waals surface area (Å²) in [5, 5.41) is 10.1. The molecule has 126 valence electrons. The Kier molecular flexibility index (Phi) is 4.36. The number of carbonyl (C=O) groups excluding carboxylic acids is 1. The highest BCUT2D eigenvalue weighted by atomic mass is 16.5. The van der Waals surface area contributed by atoms with Crippen LogP contribution in [0.5, 0.6) is 5.75 Å². The van der Waals surface area contributed by atoms with Crippen LogP contribution < -0.4 is 5.56 Å². The van der Waals surface area contributed by atoms with Crippen LogP contribution in [0.15, 0.2) is 4.79 Å². The van der Waals surface area contributed by atoms with Crippen molar-refractivity contribution in [3.8, 4) is 5.75 Å². The molecule has 0 radical (unpaired) electrons. The molecule has 1 spiro atoms. The van der Waals surface area contributed by atoms with Gasteiger partial charge in [0.2, 0.25) is 5.75 Å². The molecule has 0 unspecified atom stereocenters. The standard InChI is InChI=1S/C15H20N2O6/c1-2-22-13(20)10-11(18)12(19)17-6-3-7-23-15(14(17)16-10)4-8-21-9-5-15/h18H,2-9H2,1H3. The number of hydrogen-bond acceptors (Lipinski definition) is 7. The molecular formula is C15H20N2O6. The van der Waals surface area contributed by atoms with Crippen molar-refractivity contribution in [1.82, 2.24) is 9.55 Å². The second-order valence-corrected chi connectivity index (χ2v) is 5.62. The third kappa shape index (κ3) is 2.72. The van der Waals surface area contributed by atoms with Gasteiger partial charge in [-0.25, -0.2) is 9.78 Å². The van der Waals surface area contributed by atoms with E-state index in [4.69, 9.17) is 14.2 Å². The Labute approximate surface area is 133 Å². The first kappa shape index (κ1) is 15.9. The summed E-state index contributed by atoms with van der Waals surface area (Å²) in [4.78, 5) is 28.8. The summed E-state index contributed by atoms with van der Waals surface area (Å²) in [5.74, 6) is -1.10. The van der Waals surface area contributed by atoms with Gasteiger partial charge >= 0.3 is 5.97 Å². The lowest BCUT2D eigenvalue weighted by Crippen LogP contribution is -2.42. The Bertz CT molecular complexity index is 663. The number of ether oxygens (including phenoxy) is 3. The van der Waals surface area contributed by atoms with Gasteiger partial charge < -0.3 is 19.3 Å². The maximum Gasteiger partial charge on any atom is 0.361 e. The van der Waals surface area contributed by atoms with E-state index in [1.807, 2.05) is 0 Å². The first-order valence-corrected chi connectivity index (χ1v) is 7.82. The zero-order chi connectivity index (χ0) is 16.4. The summed E-state index contributed by atoms with van der Waals surface area (Å²) < 4.78 is 17.7. The molecule has 8 nitrogen and oxygen atoms in total. The fourth-order valence-corrected chi connectivity index (χ4v) is 3.07. The van der Waals surface area contributed by atoms with E-state index in [9.17, 15) is 14.7 Å². The van der Waals surface area contributed by atoms with Crippen LogP contribution >= 0.6 is 0 Å². The fourth-order valence-electron chi connectivity index (χ4n) is 3.07. The van der Waals surface area contributed by atoms with Crippen molar-refractivity contribution in [2.75, 3.05) is 26.4 Å². The average Bonchev–Trinajstić information content (AvgIpc) is 2.72. The van der Waals surface area contributed by atoms with Crippen molar-refractivity contribution in [1.29, 1.82) is 0 Å². The lowest BCUT2D eigenvalue weighted by atomic mass is 9.92. The van der Waals surface area contributed by atoms with Gasteiger partial charge in [0.1, 0.15) is 11.4 Å². The molecule has 1 saturated heterocycles. The molecule has 23 heavy (non-hydrogen) atoms. The van der Waals surface area contributed by atoms with E-state index in [2.05, 4.69) is 4.98 Å². The minimum Gasteiger partial charge on any atom is -0.501 e. The number of aromatic nitrogens is 2. The molecule has 0 amide bonds. The highest BCUT2D eigenvalue weighted by molar-refractivity contribution is 5.90. The zero-order valence-electron chi connectivity index (χ0n) is 13.0. The quantitative estimate of drug-likeness (QED) is 0.793. The number of aromatic hydroxyl groups is 1. The SMILES string of the molecule is CCOC(=O)c1nc2n(c(=O)c1O)CCCOC21CCOCC1. The summed E-state index contributed by atoms with van der Waals surface area (Å²) in [7, 11) is 0. The summed E-state index contributed by atoms with van der Waals surface area (Å²) in [5.41, 5.74) is -1.74. The van der Waals surface area contributed by atoms with Gasteiger partial charge in [0, 0.05) is 39.2 Å². The minimum atomic E-state index is -0.808. The van der Waals surface area contributed by atoms with E-state index >= 15 is 0 Å². The van der Waals surface area contributed by atoms with Crippen molar-refractivity contribution in [2.45, 2.75) is 38.3 Å². The molecule has 8 heteroatoms. The maximum atomic E-state index is 12.5. The number of nitrogens with zero attached hydrogens (tertiary/aromatic N) is 2. The molecule has 1 N–H and O–H groups in total. The first-order chi connectivity index (χ1) is 11.1. The molecule has 0 bridgehead atoms. The van der Waals surface area contributed by atoms with Crippen molar-refractivity contribution >= 4 is 5.97 Å². The fraction of sp³-hybridized carbons (Fsp3) is 0.667. The van der Waals surface area contributed by atoms with Gasteiger partial charge in [-0.3, -0.25) is 9.36 Å². The van der Waals surface area contributed by atoms with E-state index < -0.39 is 22.9 Å². The van der Waals surface area contributed by atoms with E-state index in [-0.39, 0.29) is 12.3 Å². The van der Waals surface area contributed by atoms with Crippen LogP contribution in [-0.4, -0.2) is 47.1 Å². The molecule has 2 aliphatic heterocycles. The number of rotatable bonds is 2. The molecular weight excluding hydrogens is 304 g/mol. The number of carbonyl (C=O) groups is 1. The van der Waals surface area contributed by atoms with Crippen LogP contribution in [-0.2, 0) is 26.4 Å². The highest BCUT2D eigenvalue weighted by Gasteiger charge is 2.42. The second-order valence-electron chi connectivity index (χ2n) is 5.62. The normalized spacial score (nSPS) is 19.9. The molecule has 0 atom stereocenters. The molecule has 0 aliphatic carbocycles. The first-order valence-electron chi connectivity index (χ1n) is 7.82. The van der Waals surface area contributed by atoms with Crippen LogP contribution in [0.2, 0.25) is 0 Å². The topological polar surface area (TPSA) is 99.9 Å². The van der Waals surface area contributed by atoms with Crippen molar-refractivity contribution in [3.05, 3.63) is 21.9 Å². The minimum absolute atomic E-state index is 0.133. The van der Waals surface area contributed by atoms with Gasteiger partial charge in [0.25, 0.3) is 5.56 Å². The Morgan fingerprint density at radius 1 is 1.39 bits per heavy atom. The summed E-state index contributed by atoms with van der Waals surface area (Å²) in [6.45, 7) is 3.64. The third-order valence-electron chi connectivity index (χ3n) is 4.23. The number of hydrogen-bond donors (Lipinski definition) is 1. The third-order valence-corrected chi connectivity index (χ3v) is 4.23. The van der Waals surface area contributed by atoms with E-state index in [0.29, 0.717) is 51.5 Å². The van der Waals surface area contributed by atoms with E-state index in [0.717, 1.165) is 0 Å². The van der Waals surface area contributed by atoms with Gasteiger partial charge in [0.15, 0.2) is 5.69 Å². The van der Waals surface area contributed by atoms with Crippen molar-refractivity contribution < 1.29 is 24.1 Å². The predicted molar refractivity (Wildman–Crippen MR) is 78.4 cm³/mol. The highest BCUT2D eigenvalue weighted by Crippen LogP contribution is 2.37. The van der Waals surface area contributed by atoms with Crippen LogP contribution in [0.4, 0.5) is 0 Å². The molecule has 2 aliphatic rings. The smallest absolute Gasteiger partial charge is 0.361 e. The summed E-state index contributed by atoms with van der Waals surface area (Å²) >= 11 is 0. The number of fused-ring (bicyclic) bond motifs is 2. The lowest BCUT2D eigenvalue weighted by Gasteiger charge is -2.36. The Morgan fingerprint density at radius 2 is 2.13 bits per heavy atom. The maximum absolute atomic E-state index is 12.5. The van der Waals surface area contributed by atoms with Crippen LogP contribution in [0.25, 0.3) is 0 Å². The average molecular weight is 324 g/mol. The van der Waals surface area contributed by atoms with Gasteiger partial charge in [-0.2, -0.15) is 0 Å². The Morgan fingerprint density at radius 3 is 2.83 bits per heavy atom. The van der Waals surface area contributed by atoms with Gasteiger partial charge in [0.05, 0.1) is 6.61 Å². The number of esters is 1. The van der Waals surface area contributed by atoms with Gasteiger partial charge in [-0.15, -0.1) is 0 Å². The zero-order valence-corrected chi connectivity index (χ0v) is 13.0. The van der Waals surface area contributed by atoms with Crippen molar-refractivity contribution in [2.24, 2.45) is 0 Å². The van der Waals surface area contributed by atoms with Crippen molar-refractivity contribution in [3.63, 3.8) is 0 Å². The van der Waals surface area contributed by atoms with Gasteiger partial charge in [-0.1, -0.05) is 0 Å². The molecule has 1 aromatic rings. The molecule has 0 aromatic carbocycles. The largest absolute Gasteiger partial charge is 0.501 e. The molecule has 1 fully saturated rings. The predicted octanol–water partition coefficient (Wildman–Crippen LogP) is 0.552. The second kappa shape index (κ2) is 6.29. The summed E-state index contributed by atoms with van der Waals surface area (Å²) in [6, 6.07) is 0. The van der Waals surface area contributed by atoms with E-state index in [1.165, 1.54) is 4.57 Å². The Balaban J connectivity index is 2.17. The molecule has 3 rings (SSSR count). The Hall–Kier alpha value is -1.93. The van der Waals surface area contributed by atoms with Crippen LogP contribution in [0.1, 0.15) is 42.5 Å². The molecule has 1 aromatic heterocycles. The lowest BCUT2D eigenvalue weighted by molar-refractivity contribution is -0.118. The van der Waals surface area contributed by atoms with Crippen LogP contribution in [0.3, 0.4) is 0 Å². The van der Waals surface area contributed by atoms with E-state index in [1.54, 1.807) is 6.92 Å². The molecule has 0 saturated carbocycles. The monoisotopic (exact) mass is 324 g/mol.